The number of nitriles is 1. The second kappa shape index (κ2) is 7.11. The van der Waals surface area contributed by atoms with Crippen LogP contribution in [0.3, 0.4) is 0 Å². The smallest absolute Gasteiger partial charge is 0.231 e. The highest BCUT2D eigenvalue weighted by molar-refractivity contribution is 7.99. The van der Waals surface area contributed by atoms with Gasteiger partial charge in [0.2, 0.25) is 11.1 Å². The molecule has 1 fully saturated rings. The number of carbonyl (C=O) groups excluding carboxylic acids is 1. The molecule has 7 nitrogen and oxygen atoms in total. The fraction of sp³-hybridized carbons (Fsp3) is 0.714. The number of nitrogens with zero attached hydrogens (tertiary/aromatic N) is 3. The molecule has 0 spiro atoms. The second-order valence-electron chi connectivity index (χ2n) is 5.81. The van der Waals surface area contributed by atoms with Crippen LogP contribution in [0, 0.1) is 17.2 Å². The number of hydrogen-bond acceptors (Lipinski definition) is 6. The Morgan fingerprint density at radius 2 is 2.45 bits per heavy atom. The molecular formula is C14H21N5O2S. The normalized spacial score (nSPS) is 20.6. The lowest BCUT2D eigenvalue weighted by Crippen LogP contribution is -2.49. The van der Waals surface area contributed by atoms with Gasteiger partial charge in [0, 0.05) is 6.61 Å². The van der Waals surface area contributed by atoms with Crippen molar-refractivity contribution in [3.63, 3.8) is 0 Å². The number of amides is 1. The van der Waals surface area contributed by atoms with E-state index >= 15 is 0 Å². The van der Waals surface area contributed by atoms with Crippen LogP contribution < -0.4 is 5.32 Å². The van der Waals surface area contributed by atoms with E-state index in [2.05, 4.69) is 26.6 Å². The van der Waals surface area contributed by atoms with E-state index in [-0.39, 0.29) is 23.7 Å². The van der Waals surface area contributed by atoms with Gasteiger partial charge in [0.1, 0.15) is 11.6 Å². The molecule has 0 radical (unpaired) electrons. The molecule has 0 aromatic carbocycles. The molecule has 22 heavy (non-hydrogen) atoms. The fourth-order valence-electron chi connectivity index (χ4n) is 2.02. The van der Waals surface area contributed by atoms with E-state index in [9.17, 15) is 10.1 Å². The maximum absolute atomic E-state index is 12.0. The summed E-state index contributed by atoms with van der Waals surface area (Å²) in [6, 6.07) is 2.15. The molecule has 1 aromatic heterocycles. The molecule has 0 bridgehead atoms. The summed E-state index contributed by atoms with van der Waals surface area (Å²) in [6.07, 6.45) is 1.95. The van der Waals surface area contributed by atoms with Crippen LogP contribution in [0.2, 0.25) is 0 Å². The molecule has 2 rings (SSSR count). The van der Waals surface area contributed by atoms with Gasteiger partial charge in [-0.2, -0.15) is 5.26 Å². The van der Waals surface area contributed by atoms with Gasteiger partial charge in [-0.25, -0.2) is 4.98 Å². The maximum Gasteiger partial charge on any atom is 0.231 e. The quantitative estimate of drug-likeness (QED) is 0.774. The van der Waals surface area contributed by atoms with Gasteiger partial charge in [0.25, 0.3) is 0 Å². The number of H-pyrrole nitrogens is 1. The zero-order valence-electron chi connectivity index (χ0n) is 13.0. The Labute approximate surface area is 134 Å². The number of nitrogens with one attached hydrogen (secondary N) is 2. The monoisotopic (exact) mass is 323 g/mol. The Kier molecular flexibility index (Phi) is 5.42. The lowest BCUT2D eigenvalue weighted by molar-refractivity contribution is -0.120. The summed E-state index contributed by atoms with van der Waals surface area (Å²) in [6.45, 7) is 6.28. The zero-order valence-corrected chi connectivity index (χ0v) is 13.9. The summed E-state index contributed by atoms with van der Waals surface area (Å²) >= 11 is 1.24. The van der Waals surface area contributed by atoms with Crippen molar-refractivity contribution in [1.82, 2.24) is 20.5 Å². The molecule has 2 N–H and O–H groups in total. The minimum absolute atomic E-state index is 0.0153. The zero-order chi connectivity index (χ0) is 16.2. The van der Waals surface area contributed by atoms with E-state index in [1.807, 2.05) is 13.8 Å². The first kappa shape index (κ1) is 16.8. The topological polar surface area (TPSA) is 104 Å². The molecule has 1 aliphatic rings. The number of carbonyl (C=O) groups is 1. The summed E-state index contributed by atoms with van der Waals surface area (Å²) in [7, 11) is 0. The maximum atomic E-state index is 12.0. The van der Waals surface area contributed by atoms with Gasteiger partial charge in [-0.15, -0.1) is 5.10 Å². The first-order chi connectivity index (χ1) is 10.4. The van der Waals surface area contributed by atoms with Crippen molar-refractivity contribution in [2.24, 2.45) is 5.92 Å². The summed E-state index contributed by atoms with van der Waals surface area (Å²) < 4.78 is 5.53. The highest BCUT2D eigenvalue weighted by Gasteiger charge is 2.30. The molecule has 120 valence electrons. The average molecular weight is 323 g/mol. The van der Waals surface area contributed by atoms with Crippen molar-refractivity contribution in [3.8, 4) is 6.07 Å². The predicted octanol–water partition coefficient (Wildman–Crippen LogP) is 1.80. The molecule has 1 aliphatic heterocycles. The van der Waals surface area contributed by atoms with Crippen LogP contribution in [-0.4, -0.2) is 39.0 Å². The van der Waals surface area contributed by atoms with Gasteiger partial charge in [-0.1, -0.05) is 25.6 Å². The van der Waals surface area contributed by atoms with Crippen molar-refractivity contribution >= 4 is 17.7 Å². The number of hydrogen-bond donors (Lipinski definition) is 2. The lowest BCUT2D eigenvalue weighted by atomic mass is 9.90. The summed E-state index contributed by atoms with van der Waals surface area (Å²) in [5, 5.41) is 19.4. The molecule has 0 saturated carbocycles. The predicted molar refractivity (Wildman–Crippen MR) is 82.0 cm³/mol. The number of aromatic amines is 1. The average Bonchev–Trinajstić information content (AvgIpc) is 3.15. The molecule has 0 unspecified atom stereocenters. The molecule has 2 heterocycles. The van der Waals surface area contributed by atoms with Crippen molar-refractivity contribution < 1.29 is 9.53 Å². The third-order valence-electron chi connectivity index (χ3n) is 3.84. The summed E-state index contributed by atoms with van der Waals surface area (Å²) in [5.41, 5.74) is -0.862. The van der Waals surface area contributed by atoms with Gasteiger partial charge < -0.3 is 10.1 Å². The molecule has 0 aliphatic carbocycles. The van der Waals surface area contributed by atoms with E-state index < -0.39 is 5.54 Å². The van der Waals surface area contributed by atoms with E-state index in [1.165, 1.54) is 11.8 Å². The molecule has 2 atom stereocenters. The van der Waals surface area contributed by atoms with Crippen LogP contribution in [0.4, 0.5) is 0 Å². The third kappa shape index (κ3) is 3.99. The van der Waals surface area contributed by atoms with Gasteiger partial charge >= 0.3 is 0 Å². The summed E-state index contributed by atoms with van der Waals surface area (Å²) in [4.78, 5) is 16.3. The van der Waals surface area contributed by atoms with Crippen molar-refractivity contribution in [1.29, 1.82) is 5.26 Å². The molecule has 1 amide bonds. The van der Waals surface area contributed by atoms with E-state index in [0.29, 0.717) is 11.0 Å². The van der Waals surface area contributed by atoms with E-state index in [4.69, 9.17) is 4.74 Å². The molecule has 8 heteroatoms. The minimum atomic E-state index is -0.862. The number of aromatic nitrogens is 3. The number of ether oxygens (including phenoxy) is 1. The highest BCUT2D eigenvalue weighted by Crippen LogP contribution is 2.27. The van der Waals surface area contributed by atoms with Gasteiger partial charge in [-0.05, 0) is 25.7 Å². The summed E-state index contributed by atoms with van der Waals surface area (Å²) in [5.74, 6) is 0.712. The van der Waals surface area contributed by atoms with Gasteiger partial charge in [-0.3, -0.25) is 9.89 Å². The van der Waals surface area contributed by atoms with Crippen LogP contribution in [0.1, 0.15) is 45.5 Å². The Hall–Kier alpha value is -1.59. The number of thioether (sulfide) groups is 1. The number of rotatable bonds is 6. The van der Waals surface area contributed by atoms with Crippen LogP contribution in [0.5, 0.6) is 0 Å². The van der Waals surface area contributed by atoms with Crippen LogP contribution in [-0.2, 0) is 9.53 Å². The Morgan fingerprint density at radius 1 is 1.68 bits per heavy atom. The fourth-order valence-corrected chi connectivity index (χ4v) is 2.62. The highest BCUT2D eigenvalue weighted by atomic mass is 32.2. The Morgan fingerprint density at radius 3 is 3.05 bits per heavy atom. The minimum Gasteiger partial charge on any atom is -0.370 e. The lowest BCUT2D eigenvalue weighted by Gasteiger charge is -2.27. The van der Waals surface area contributed by atoms with Gasteiger partial charge in [0.15, 0.2) is 5.82 Å². The second-order valence-corrected chi connectivity index (χ2v) is 6.75. The van der Waals surface area contributed by atoms with Gasteiger partial charge in [0.05, 0.1) is 11.8 Å². The Balaban J connectivity index is 1.85. The van der Waals surface area contributed by atoms with Crippen LogP contribution in [0.15, 0.2) is 5.16 Å². The van der Waals surface area contributed by atoms with E-state index in [1.54, 1.807) is 6.92 Å². The van der Waals surface area contributed by atoms with Crippen molar-refractivity contribution in [2.45, 2.75) is 50.4 Å². The standard InChI is InChI=1S/C14H21N5O2S/c1-9(2)14(3,8-15)17-11(20)7-22-13-16-12(18-19-13)10-5-4-6-21-10/h9-10H,4-7H2,1-3H3,(H,17,20)(H,16,18,19)/t10-,14-/m0/s1. The largest absolute Gasteiger partial charge is 0.370 e. The van der Waals surface area contributed by atoms with Crippen molar-refractivity contribution in [2.75, 3.05) is 12.4 Å². The first-order valence-corrected chi connectivity index (χ1v) is 8.32. The molecular weight excluding hydrogens is 302 g/mol. The van der Waals surface area contributed by atoms with Crippen LogP contribution >= 0.6 is 11.8 Å². The Bertz CT molecular complexity index is 562. The van der Waals surface area contributed by atoms with Crippen molar-refractivity contribution in [3.05, 3.63) is 5.82 Å². The SMILES string of the molecule is CC(C)[C@](C)(C#N)NC(=O)CSc1n[nH]c([C@@H]2CCCO2)n1. The third-order valence-corrected chi connectivity index (χ3v) is 4.68. The first-order valence-electron chi connectivity index (χ1n) is 7.33. The molecule has 1 saturated heterocycles. The van der Waals surface area contributed by atoms with Crippen LogP contribution in [0.25, 0.3) is 0 Å². The van der Waals surface area contributed by atoms with E-state index in [0.717, 1.165) is 19.4 Å². The molecule has 1 aromatic rings.